The molecule has 24 heavy (non-hydrogen) atoms. The van der Waals surface area contributed by atoms with Crippen molar-refractivity contribution < 1.29 is 4.74 Å². The summed E-state index contributed by atoms with van der Waals surface area (Å²) in [7, 11) is 3.93. The molecule has 3 nitrogen and oxygen atoms in total. The van der Waals surface area contributed by atoms with Gasteiger partial charge in [-0.2, -0.15) is 0 Å². The Balaban J connectivity index is 1.95. The highest BCUT2D eigenvalue weighted by atomic mass is 16.5. The number of fused-ring (bicyclic) bond motifs is 5. The maximum Gasteiger partial charge on any atom is 0.120 e. The van der Waals surface area contributed by atoms with Crippen LogP contribution >= 0.6 is 0 Å². The molecule has 0 amide bonds. The first-order chi connectivity index (χ1) is 11.6. The van der Waals surface area contributed by atoms with Crippen molar-refractivity contribution in [3.8, 4) is 5.75 Å². The first kappa shape index (κ1) is 15.1. The van der Waals surface area contributed by atoms with Crippen molar-refractivity contribution in [3.05, 3.63) is 60.7 Å². The molecule has 2 heterocycles. The van der Waals surface area contributed by atoms with Crippen LogP contribution in [0.15, 0.2) is 55.1 Å². The summed E-state index contributed by atoms with van der Waals surface area (Å²) in [4.78, 5) is 4.87. The van der Waals surface area contributed by atoms with E-state index in [0.29, 0.717) is 6.17 Å². The molecular weight excluding hydrogens is 296 g/mol. The molecule has 0 spiro atoms. The summed E-state index contributed by atoms with van der Waals surface area (Å²) in [6, 6.07) is 15.1. The minimum Gasteiger partial charge on any atom is -0.497 e. The van der Waals surface area contributed by atoms with E-state index in [1.807, 2.05) is 6.08 Å². The Hall–Kier alpha value is -2.42. The number of anilines is 3. The van der Waals surface area contributed by atoms with E-state index >= 15 is 0 Å². The Kier molecular flexibility index (Phi) is 3.34. The predicted molar refractivity (Wildman–Crippen MR) is 101 cm³/mol. The van der Waals surface area contributed by atoms with E-state index in [1.54, 1.807) is 7.11 Å². The summed E-state index contributed by atoms with van der Waals surface area (Å²) in [6.45, 7) is 6.35. The summed E-state index contributed by atoms with van der Waals surface area (Å²) in [6.07, 6.45) is 4.42. The SMILES string of the molecule is C=CCC1(C)CC2N(C)c3ccccc3N2c2cc(OC)ccc21. The van der Waals surface area contributed by atoms with Crippen molar-refractivity contribution >= 4 is 17.1 Å². The fourth-order valence-electron chi connectivity index (χ4n) is 4.35. The lowest BCUT2D eigenvalue weighted by atomic mass is 9.72. The Labute approximate surface area is 144 Å². The van der Waals surface area contributed by atoms with Crippen molar-refractivity contribution in [3.63, 3.8) is 0 Å². The molecule has 0 saturated carbocycles. The fourth-order valence-corrected chi connectivity index (χ4v) is 4.35. The third kappa shape index (κ3) is 1.97. The van der Waals surface area contributed by atoms with Gasteiger partial charge in [0.05, 0.1) is 24.2 Å². The average Bonchev–Trinajstić information content (AvgIpc) is 2.87. The molecule has 0 fully saturated rings. The van der Waals surface area contributed by atoms with Gasteiger partial charge < -0.3 is 14.5 Å². The van der Waals surface area contributed by atoms with Crippen LogP contribution < -0.4 is 14.5 Å². The zero-order chi connectivity index (χ0) is 16.9. The van der Waals surface area contributed by atoms with E-state index in [4.69, 9.17) is 4.74 Å². The number of rotatable bonds is 3. The number of allylic oxidation sites excluding steroid dienone is 1. The molecule has 4 rings (SSSR count). The number of methoxy groups -OCH3 is 1. The minimum atomic E-state index is 0.0842. The van der Waals surface area contributed by atoms with Crippen molar-refractivity contribution in [1.29, 1.82) is 0 Å². The number of hydrogen-bond donors (Lipinski definition) is 0. The van der Waals surface area contributed by atoms with Crippen LogP contribution in [-0.2, 0) is 5.41 Å². The molecular formula is C21H24N2O. The zero-order valence-corrected chi connectivity index (χ0v) is 14.6. The second-order valence-corrected chi connectivity index (χ2v) is 7.09. The van der Waals surface area contributed by atoms with Crippen LogP contribution in [0.3, 0.4) is 0 Å². The number of nitrogens with zero attached hydrogens (tertiary/aromatic N) is 2. The van der Waals surface area contributed by atoms with Gasteiger partial charge in [-0.1, -0.05) is 31.2 Å². The average molecular weight is 320 g/mol. The van der Waals surface area contributed by atoms with Crippen LogP contribution in [0.1, 0.15) is 25.3 Å². The van der Waals surface area contributed by atoms with Crippen LogP contribution in [0.25, 0.3) is 0 Å². The fraction of sp³-hybridized carbons (Fsp3) is 0.333. The molecule has 0 aromatic heterocycles. The molecule has 2 aliphatic rings. The minimum absolute atomic E-state index is 0.0842. The summed E-state index contributed by atoms with van der Waals surface area (Å²) < 4.78 is 5.51. The smallest absolute Gasteiger partial charge is 0.120 e. The maximum absolute atomic E-state index is 5.51. The van der Waals surface area contributed by atoms with Gasteiger partial charge in [-0.05, 0) is 36.6 Å². The molecule has 0 saturated heterocycles. The Morgan fingerprint density at radius 1 is 1.21 bits per heavy atom. The van der Waals surface area contributed by atoms with Crippen molar-refractivity contribution in [2.75, 3.05) is 24.0 Å². The van der Waals surface area contributed by atoms with Crippen molar-refractivity contribution in [2.24, 2.45) is 0 Å². The van der Waals surface area contributed by atoms with Gasteiger partial charge in [0.15, 0.2) is 0 Å². The molecule has 2 aromatic rings. The molecule has 0 radical (unpaired) electrons. The lowest BCUT2D eigenvalue weighted by Gasteiger charge is -2.46. The van der Waals surface area contributed by atoms with Crippen molar-refractivity contribution in [2.45, 2.75) is 31.3 Å². The normalized spacial score (nSPS) is 24.2. The number of benzene rings is 2. The van der Waals surface area contributed by atoms with Gasteiger partial charge in [0.25, 0.3) is 0 Å². The zero-order valence-electron chi connectivity index (χ0n) is 14.6. The molecule has 0 N–H and O–H groups in total. The van der Waals surface area contributed by atoms with E-state index in [-0.39, 0.29) is 5.41 Å². The lowest BCUT2D eigenvalue weighted by molar-refractivity contribution is 0.372. The third-order valence-electron chi connectivity index (χ3n) is 5.61. The monoisotopic (exact) mass is 320 g/mol. The van der Waals surface area contributed by atoms with Gasteiger partial charge in [0, 0.05) is 18.5 Å². The van der Waals surface area contributed by atoms with E-state index in [2.05, 4.69) is 72.8 Å². The molecule has 2 aliphatic heterocycles. The van der Waals surface area contributed by atoms with E-state index in [0.717, 1.165) is 18.6 Å². The first-order valence-corrected chi connectivity index (χ1v) is 8.49. The first-order valence-electron chi connectivity index (χ1n) is 8.49. The van der Waals surface area contributed by atoms with Gasteiger partial charge in [-0.25, -0.2) is 0 Å². The standard InChI is InChI=1S/C21H24N2O/c1-5-12-21(2)14-20-22(3)17-8-6-7-9-18(17)23(20)19-13-15(24-4)10-11-16(19)21/h5-11,13,20H,1,12,14H2,2-4H3. The Morgan fingerprint density at radius 3 is 2.67 bits per heavy atom. The van der Waals surface area contributed by atoms with Gasteiger partial charge in [-0.15, -0.1) is 6.58 Å². The van der Waals surface area contributed by atoms with Crippen LogP contribution in [-0.4, -0.2) is 20.3 Å². The summed E-state index contributed by atoms with van der Waals surface area (Å²) in [5, 5.41) is 0. The van der Waals surface area contributed by atoms with Gasteiger partial charge in [0.2, 0.25) is 0 Å². The van der Waals surface area contributed by atoms with Crippen LogP contribution in [0.2, 0.25) is 0 Å². The molecule has 3 heteroatoms. The Morgan fingerprint density at radius 2 is 1.96 bits per heavy atom. The van der Waals surface area contributed by atoms with Crippen LogP contribution in [0.5, 0.6) is 5.75 Å². The second-order valence-electron chi connectivity index (χ2n) is 7.09. The third-order valence-corrected chi connectivity index (χ3v) is 5.61. The molecule has 0 bridgehead atoms. The quantitative estimate of drug-likeness (QED) is 0.752. The van der Waals surface area contributed by atoms with Gasteiger partial charge in [-0.3, -0.25) is 0 Å². The number of hydrogen-bond acceptors (Lipinski definition) is 3. The van der Waals surface area contributed by atoms with Crippen molar-refractivity contribution in [1.82, 2.24) is 0 Å². The second kappa shape index (κ2) is 5.30. The lowest BCUT2D eigenvalue weighted by Crippen LogP contribution is -2.48. The molecule has 124 valence electrons. The van der Waals surface area contributed by atoms with E-state index in [1.165, 1.54) is 22.6 Å². The van der Waals surface area contributed by atoms with Crippen LogP contribution in [0.4, 0.5) is 17.1 Å². The highest BCUT2D eigenvalue weighted by Crippen LogP contribution is 2.54. The molecule has 2 unspecified atom stereocenters. The van der Waals surface area contributed by atoms with Crippen LogP contribution in [0, 0.1) is 0 Å². The predicted octanol–water partition coefficient (Wildman–Crippen LogP) is 4.85. The topological polar surface area (TPSA) is 15.7 Å². The molecule has 2 aromatic carbocycles. The highest BCUT2D eigenvalue weighted by molar-refractivity contribution is 5.86. The number of ether oxygens (including phenoxy) is 1. The molecule has 2 atom stereocenters. The maximum atomic E-state index is 5.51. The highest BCUT2D eigenvalue weighted by Gasteiger charge is 2.46. The van der Waals surface area contributed by atoms with Gasteiger partial charge in [0.1, 0.15) is 11.9 Å². The molecule has 0 aliphatic carbocycles. The van der Waals surface area contributed by atoms with E-state index in [9.17, 15) is 0 Å². The number of para-hydroxylation sites is 2. The summed E-state index contributed by atoms with van der Waals surface area (Å²) in [5.41, 5.74) is 5.29. The van der Waals surface area contributed by atoms with E-state index < -0.39 is 0 Å². The Bertz CT molecular complexity index is 800. The van der Waals surface area contributed by atoms with Gasteiger partial charge >= 0.3 is 0 Å². The summed E-state index contributed by atoms with van der Waals surface area (Å²) in [5.74, 6) is 0.905. The summed E-state index contributed by atoms with van der Waals surface area (Å²) >= 11 is 0. The largest absolute Gasteiger partial charge is 0.497 e.